The van der Waals surface area contributed by atoms with E-state index >= 15 is 0 Å². The molecule has 2 atom stereocenters. The first kappa shape index (κ1) is 22.9. The number of nitrogens with one attached hydrogen (secondary N) is 1. The van der Waals surface area contributed by atoms with Crippen LogP contribution in [0, 0.1) is 0 Å². The molecule has 2 aliphatic rings. The molecule has 1 aromatic rings. The lowest BCUT2D eigenvalue weighted by atomic mass is 10.2. The number of aryl methyl sites for hydroxylation is 1. The Labute approximate surface area is 184 Å². The van der Waals surface area contributed by atoms with Gasteiger partial charge in [-0.1, -0.05) is 0 Å². The van der Waals surface area contributed by atoms with Gasteiger partial charge in [0.2, 0.25) is 5.91 Å². The number of anilines is 1. The summed E-state index contributed by atoms with van der Waals surface area (Å²) >= 11 is 0. The number of amides is 1. The molecular weight excluding hydrogens is 473 g/mol. The monoisotopic (exact) mass is 505 g/mol. The van der Waals surface area contributed by atoms with Crippen molar-refractivity contribution in [2.45, 2.75) is 25.9 Å². The van der Waals surface area contributed by atoms with Gasteiger partial charge in [0.15, 0.2) is 5.96 Å². The van der Waals surface area contributed by atoms with Crippen molar-refractivity contribution in [2.24, 2.45) is 12.0 Å². The Morgan fingerprint density at radius 3 is 2.82 bits per heavy atom. The third-order valence-electron chi connectivity index (χ3n) is 5.28. The standard InChI is InChI=1S/C18H31N7O2.HI/c1-14(24-7-8-27-13-15(24)2)9-20-18(19-3)23-5-6-25(17(26)12-23)16-10-21-22(4)11-16;/h10-11,14-15H,5-9,12-13H2,1-4H3,(H,19,20);1H. The van der Waals surface area contributed by atoms with Gasteiger partial charge in [0.1, 0.15) is 6.54 Å². The number of ether oxygens (including phenoxy) is 1. The second-order valence-electron chi connectivity index (χ2n) is 7.28. The maximum absolute atomic E-state index is 12.6. The third-order valence-corrected chi connectivity index (χ3v) is 5.28. The molecule has 0 aliphatic carbocycles. The van der Waals surface area contributed by atoms with Gasteiger partial charge in [0.05, 0.1) is 25.1 Å². The maximum atomic E-state index is 12.6. The van der Waals surface area contributed by atoms with Gasteiger partial charge in [-0.05, 0) is 13.8 Å². The first-order chi connectivity index (χ1) is 13.0. The zero-order chi connectivity index (χ0) is 19.4. The van der Waals surface area contributed by atoms with Crippen molar-refractivity contribution in [1.29, 1.82) is 0 Å². The number of nitrogens with zero attached hydrogens (tertiary/aromatic N) is 6. The van der Waals surface area contributed by atoms with Gasteiger partial charge in [0, 0.05) is 58.6 Å². The highest BCUT2D eigenvalue weighted by atomic mass is 127. The Bertz CT molecular complexity index is 681. The smallest absolute Gasteiger partial charge is 0.246 e. The molecule has 3 heterocycles. The number of aromatic nitrogens is 2. The maximum Gasteiger partial charge on any atom is 0.246 e. The molecule has 2 fully saturated rings. The van der Waals surface area contributed by atoms with Gasteiger partial charge < -0.3 is 19.9 Å². The minimum absolute atomic E-state index is 0. The SMILES string of the molecule is CN=C(NCC(C)N1CCOCC1C)N1CCN(c2cnn(C)c2)C(=O)C1.I. The fourth-order valence-corrected chi connectivity index (χ4v) is 3.76. The van der Waals surface area contributed by atoms with E-state index in [0.29, 0.717) is 25.2 Å². The number of rotatable bonds is 4. The van der Waals surface area contributed by atoms with E-state index in [2.05, 4.69) is 34.2 Å². The van der Waals surface area contributed by atoms with E-state index in [4.69, 9.17) is 4.74 Å². The Morgan fingerprint density at radius 2 is 2.21 bits per heavy atom. The van der Waals surface area contributed by atoms with Gasteiger partial charge in [-0.2, -0.15) is 5.10 Å². The highest BCUT2D eigenvalue weighted by molar-refractivity contribution is 14.0. The molecular formula is C18H32IN7O2. The lowest BCUT2D eigenvalue weighted by Gasteiger charge is -2.39. The Hall–Kier alpha value is -1.40. The average molecular weight is 505 g/mol. The molecule has 0 saturated carbocycles. The summed E-state index contributed by atoms with van der Waals surface area (Å²) in [5, 5.41) is 7.60. The summed E-state index contributed by atoms with van der Waals surface area (Å²) < 4.78 is 7.23. The van der Waals surface area contributed by atoms with Gasteiger partial charge >= 0.3 is 0 Å². The van der Waals surface area contributed by atoms with E-state index in [1.165, 1.54) is 0 Å². The molecule has 0 radical (unpaired) electrons. The molecule has 3 rings (SSSR count). The van der Waals surface area contributed by atoms with Crippen molar-refractivity contribution in [1.82, 2.24) is 24.9 Å². The molecule has 0 spiro atoms. The van der Waals surface area contributed by atoms with Crippen LogP contribution in [0.15, 0.2) is 17.4 Å². The molecule has 2 aliphatic heterocycles. The lowest BCUT2D eigenvalue weighted by molar-refractivity contribution is -0.120. The van der Waals surface area contributed by atoms with E-state index < -0.39 is 0 Å². The zero-order valence-corrected chi connectivity index (χ0v) is 19.5. The molecule has 1 aromatic heterocycles. The number of piperazine rings is 1. The number of carbonyl (C=O) groups excluding carboxylic acids is 1. The fraction of sp³-hybridized carbons (Fsp3) is 0.722. The predicted octanol–water partition coefficient (Wildman–Crippen LogP) is 0.371. The third kappa shape index (κ3) is 5.35. The van der Waals surface area contributed by atoms with Crippen LogP contribution in [0.4, 0.5) is 5.69 Å². The van der Waals surface area contributed by atoms with Crippen molar-refractivity contribution in [3.8, 4) is 0 Å². The van der Waals surface area contributed by atoms with Gasteiger partial charge in [-0.3, -0.25) is 19.4 Å². The molecule has 2 saturated heterocycles. The number of hydrogen-bond donors (Lipinski definition) is 1. The summed E-state index contributed by atoms with van der Waals surface area (Å²) in [6, 6.07) is 0.787. The summed E-state index contributed by atoms with van der Waals surface area (Å²) in [6.07, 6.45) is 3.59. The molecule has 1 amide bonds. The van der Waals surface area contributed by atoms with Crippen LogP contribution in [-0.4, -0.2) is 96.5 Å². The molecule has 28 heavy (non-hydrogen) atoms. The second kappa shape index (κ2) is 10.4. The Balaban J connectivity index is 0.00000280. The first-order valence-corrected chi connectivity index (χ1v) is 9.57. The Kier molecular flexibility index (Phi) is 8.50. The van der Waals surface area contributed by atoms with Crippen LogP contribution >= 0.6 is 24.0 Å². The normalized spacial score (nSPS) is 22.8. The lowest BCUT2D eigenvalue weighted by Crippen LogP contribution is -2.57. The van der Waals surface area contributed by atoms with Crippen molar-refractivity contribution < 1.29 is 9.53 Å². The molecule has 9 nitrogen and oxygen atoms in total. The van der Waals surface area contributed by atoms with Gasteiger partial charge in [-0.25, -0.2) is 0 Å². The van der Waals surface area contributed by atoms with E-state index in [-0.39, 0.29) is 29.9 Å². The van der Waals surface area contributed by atoms with Crippen LogP contribution < -0.4 is 10.2 Å². The van der Waals surface area contributed by atoms with Crippen molar-refractivity contribution in [3.63, 3.8) is 0 Å². The van der Waals surface area contributed by atoms with Crippen LogP contribution in [0.3, 0.4) is 0 Å². The van der Waals surface area contributed by atoms with Crippen LogP contribution in [0.5, 0.6) is 0 Å². The van der Waals surface area contributed by atoms with Crippen LogP contribution in [0.2, 0.25) is 0 Å². The number of halogens is 1. The number of morpholine rings is 1. The Morgan fingerprint density at radius 1 is 1.43 bits per heavy atom. The van der Waals surface area contributed by atoms with Crippen molar-refractivity contribution in [3.05, 3.63) is 12.4 Å². The second-order valence-corrected chi connectivity index (χ2v) is 7.28. The fourth-order valence-electron chi connectivity index (χ4n) is 3.76. The molecule has 1 N–H and O–H groups in total. The molecule has 0 bridgehead atoms. The average Bonchev–Trinajstić information content (AvgIpc) is 3.08. The van der Waals surface area contributed by atoms with E-state index in [0.717, 1.165) is 44.5 Å². The number of guanidine groups is 1. The quantitative estimate of drug-likeness (QED) is 0.362. The van der Waals surface area contributed by atoms with Crippen LogP contribution in [-0.2, 0) is 16.6 Å². The highest BCUT2D eigenvalue weighted by Gasteiger charge is 2.28. The summed E-state index contributed by atoms with van der Waals surface area (Å²) in [7, 11) is 3.62. The summed E-state index contributed by atoms with van der Waals surface area (Å²) in [5.74, 6) is 0.842. The van der Waals surface area contributed by atoms with E-state index in [1.54, 1.807) is 22.8 Å². The minimum Gasteiger partial charge on any atom is -0.379 e. The van der Waals surface area contributed by atoms with Crippen molar-refractivity contribution >= 4 is 41.5 Å². The van der Waals surface area contributed by atoms with Crippen LogP contribution in [0.25, 0.3) is 0 Å². The molecule has 0 aromatic carbocycles. The highest BCUT2D eigenvalue weighted by Crippen LogP contribution is 2.16. The van der Waals surface area contributed by atoms with Crippen molar-refractivity contribution in [2.75, 3.05) is 57.9 Å². The largest absolute Gasteiger partial charge is 0.379 e. The van der Waals surface area contributed by atoms with Crippen LogP contribution in [0.1, 0.15) is 13.8 Å². The number of carbonyl (C=O) groups is 1. The van der Waals surface area contributed by atoms with E-state index in [1.807, 2.05) is 18.1 Å². The minimum atomic E-state index is 0. The molecule has 158 valence electrons. The van der Waals surface area contributed by atoms with Gasteiger partial charge in [-0.15, -0.1) is 24.0 Å². The number of aliphatic imine (C=N–C) groups is 1. The number of hydrogen-bond acceptors (Lipinski definition) is 5. The first-order valence-electron chi connectivity index (χ1n) is 9.57. The predicted molar refractivity (Wildman–Crippen MR) is 120 cm³/mol. The molecule has 2 unspecified atom stereocenters. The van der Waals surface area contributed by atoms with E-state index in [9.17, 15) is 4.79 Å². The summed E-state index contributed by atoms with van der Waals surface area (Å²) in [6.45, 7) is 9.40. The van der Waals surface area contributed by atoms with Gasteiger partial charge in [0.25, 0.3) is 0 Å². The zero-order valence-electron chi connectivity index (χ0n) is 17.2. The molecule has 10 heteroatoms. The summed E-state index contributed by atoms with van der Waals surface area (Å²) in [4.78, 5) is 23.2. The topological polar surface area (TPSA) is 78.2 Å². The summed E-state index contributed by atoms with van der Waals surface area (Å²) in [5.41, 5.74) is 0.847.